The van der Waals surface area contributed by atoms with Gasteiger partial charge in [0.15, 0.2) is 28.2 Å². The monoisotopic (exact) mass is 588 g/mol. The largest absolute Gasteiger partial charge is 0.505 e. The van der Waals surface area contributed by atoms with Crippen LogP contribution in [0.1, 0.15) is 70.6 Å². The van der Waals surface area contributed by atoms with Crippen molar-refractivity contribution in [3.05, 3.63) is 75.2 Å². The number of ketones is 2. The first-order chi connectivity index (χ1) is 20.1. The van der Waals surface area contributed by atoms with Gasteiger partial charge in [-0.3, -0.25) is 19.3 Å². The third-order valence-corrected chi connectivity index (χ3v) is 8.58. The number of hydrogen-bond donors (Lipinski definition) is 1. The number of rotatable bonds is 9. The van der Waals surface area contributed by atoms with Crippen LogP contribution in [0.15, 0.2) is 42.1 Å². The average Bonchev–Trinajstić information content (AvgIpc) is 3.60. The Labute approximate surface area is 247 Å². The molecule has 0 radical (unpaired) electrons. The number of pyridine rings is 1. The van der Waals surface area contributed by atoms with E-state index < -0.39 is 23.5 Å². The van der Waals surface area contributed by atoms with Crippen molar-refractivity contribution in [3.8, 4) is 11.5 Å². The predicted octanol–water partition coefficient (Wildman–Crippen LogP) is 5.73. The lowest BCUT2D eigenvalue weighted by Crippen LogP contribution is -2.29. The third kappa shape index (κ3) is 4.83. The van der Waals surface area contributed by atoms with Crippen LogP contribution in [-0.4, -0.2) is 50.7 Å². The SMILES string of the molecule is CCCCOc1ccc(C2C(=C(O)c3nc4c(C)cccn4c3C)C(=O)C(=O)N2c2nc(C)c(C(C)=O)s2)cc1OC. The summed E-state index contributed by atoms with van der Waals surface area (Å²) in [4.78, 5) is 50.4. The second kappa shape index (κ2) is 11.4. The smallest absolute Gasteiger partial charge is 0.301 e. The highest BCUT2D eigenvalue weighted by Crippen LogP contribution is 2.45. The highest BCUT2D eigenvalue weighted by molar-refractivity contribution is 7.18. The van der Waals surface area contributed by atoms with Crippen molar-refractivity contribution in [1.29, 1.82) is 0 Å². The number of aryl methyl sites for hydroxylation is 3. The van der Waals surface area contributed by atoms with Crippen molar-refractivity contribution in [2.24, 2.45) is 0 Å². The van der Waals surface area contributed by atoms with Crippen molar-refractivity contribution >= 4 is 45.3 Å². The fourth-order valence-electron chi connectivity index (χ4n) is 5.13. The maximum Gasteiger partial charge on any atom is 0.301 e. The van der Waals surface area contributed by atoms with E-state index in [1.165, 1.54) is 18.9 Å². The van der Waals surface area contributed by atoms with Gasteiger partial charge in [0.2, 0.25) is 0 Å². The number of aliphatic hydroxyl groups excluding tert-OH is 1. The van der Waals surface area contributed by atoms with Crippen molar-refractivity contribution in [2.45, 2.75) is 53.5 Å². The summed E-state index contributed by atoms with van der Waals surface area (Å²) in [7, 11) is 1.51. The normalized spacial score (nSPS) is 16.4. The molecule has 218 valence electrons. The molecular weight excluding hydrogens is 556 g/mol. The fraction of sp³-hybridized carbons (Fsp3) is 0.323. The first-order valence-corrected chi connectivity index (χ1v) is 14.4. The number of ether oxygens (including phenoxy) is 2. The molecule has 1 amide bonds. The molecule has 10 nitrogen and oxygen atoms in total. The van der Waals surface area contributed by atoms with Crippen LogP contribution in [0.3, 0.4) is 0 Å². The minimum absolute atomic E-state index is 0.136. The molecule has 0 bridgehead atoms. The average molecular weight is 589 g/mol. The van der Waals surface area contributed by atoms with Crippen LogP contribution >= 0.6 is 11.3 Å². The number of aromatic nitrogens is 3. The number of thiazole rings is 1. The number of anilines is 1. The summed E-state index contributed by atoms with van der Waals surface area (Å²) in [5.74, 6) is -1.43. The number of carbonyl (C=O) groups excluding carboxylic acids is 3. The third-order valence-electron chi connectivity index (χ3n) is 7.32. The van der Waals surface area contributed by atoms with E-state index in [1.54, 1.807) is 32.0 Å². The van der Waals surface area contributed by atoms with Gasteiger partial charge >= 0.3 is 5.91 Å². The summed E-state index contributed by atoms with van der Waals surface area (Å²) in [5, 5.41) is 11.9. The number of unbranched alkanes of at least 4 members (excludes halogenated alkanes) is 1. The van der Waals surface area contributed by atoms with Crippen molar-refractivity contribution in [1.82, 2.24) is 14.4 Å². The lowest BCUT2D eigenvalue weighted by Gasteiger charge is -2.24. The van der Waals surface area contributed by atoms with Crippen LogP contribution < -0.4 is 14.4 Å². The number of Topliss-reactive ketones (excluding diaryl/α,β-unsaturated/α-hetero) is 2. The molecule has 0 spiro atoms. The number of benzene rings is 1. The summed E-state index contributed by atoms with van der Waals surface area (Å²) in [6.07, 6.45) is 3.65. The standard InChI is InChI=1S/C31H32N4O6S/c1-7-8-14-41-21-12-11-20(15-22(21)40-6)25-23(26(37)24-18(4)34-13-9-10-16(2)29(34)33-24)27(38)30(39)35(25)31-32-17(3)28(42-31)19(5)36/h9-13,15,25,37H,7-8,14H2,1-6H3. The molecule has 0 aliphatic carbocycles. The van der Waals surface area contributed by atoms with Gasteiger partial charge in [0, 0.05) is 13.1 Å². The van der Waals surface area contributed by atoms with Gasteiger partial charge < -0.3 is 19.0 Å². The summed E-state index contributed by atoms with van der Waals surface area (Å²) in [5.41, 5.74) is 3.12. The summed E-state index contributed by atoms with van der Waals surface area (Å²) >= 11 is 1.03. The molecule has 1 unspecified atom stereocenters. The minimum atomic E-state index is -1.07. The summed E-state index contributed by atoms with van der Waals surface area (Å²) in [6.45, 7) is 9.36. The van der Waals surface area contributed by atoms with E-state index in [9.17, 15) is 19.5 Å². The van der Waals surface area contributed by atoms with Crippen LogP contribution in [0.2, 0.25) is 0 Å². The van der Waals surface area contributed by atoms with Crippen LogP contribution in [0.25, 0.3) is 11.4 Å². The number of aliphatic hydroxyl groups is 1. The fourth-order valence-corrected chi connectivity index (χ4v) is 6.12. The zero-order chi connectivity index (χ0) is 30.3. The molecular formula is C31H32N4O6S. The Balaban J connectivity index is 1.73. The number of hydrogen-bond acceptors (Lipinski definition) is 9. The van der Waals surface area contributed by atoms with Gasteiger partial charge in [-0.05, 0) is 56.5 Å². The molecule has 1 fully saturated rings. The lowest BCUT2D eigenvalue weighted by atomic mass is 9.96. The molecule has 4 aromatic rings. The number of imidazole rings is 1. The lowest BCUT2D eigenvalue weighted by molar-refractivity contribution is -0.132. The topological polar surface area (TPSA) is 123 Å². The maximum absolute atomic E-state index is 13.7. The highest BCUT2D eigenvalue weighted by Gasteiger charge is 2.49. The van der Waals surface area contributed by atoms with E-state index in [-0.39, 0.29) is 22.2 Å². The second-order valence-electron chi connectivity index (χ2n) is 10.2. The number of fused-ring (bicyclic) bond motifs is 1. The molecule has 1 N–H and O–H groups in total. The molecule has 3 aromatic heterocycles. The summed E-state index contributed by atoms with van der Waals surface area (Å²) in [6, 6.07) is 7.83. The van der Waals surface area contributed by atoms with E-state index in [0.29, 0.717) is 45.6 Å². The van der Waals surface area contributed by atoms with Crippen LogP contribution in [0.4, 0.5) is 5.13 Å². The van der Waals surface area contributed by atoms with Crippen molar-refractivity contribution < 1.29 is 29.0 Å². The number of nitrogens with zero attached hydrogens (tertiary/aromatic N) is 4. The molecule has 42 heavy (non-hydrogen) atoms. The first-order valence-electron chi connectivity index (χ1n) is 13.6. The van der Waals surface area contributed by atoms with E-state index in [4.69, 9.17) is 9.47 Å². The number of carbonyl (C=O) groups is 3. The Bertz CT molecular complexity index is 1770. The van der Waals surface area contributed by atoms with Crippen LogP contribution in [0.5, 0.6) is 11.5 Å². The molecule has 11 heteroatoms. The van der Waals surface area contributed by atoms with Crippen LogP contribution in [0, 0.1) is 20.8 Å². The Morgan fingerprint density at radius 3 is 2.52 bits per heavy atom. The number of amides is 1. The molecule has 1 saturated heterocycles. The predicted molar refractivity (Wildman–Crippen MR) is 160 cm³/mol. The van der Waals surface area contributed by atoms with Gasteiger partial charge in [-0.1, -0.05) is 36.8 Å². The first kappa shape index (κ1) is 29.0. The van der Waals surface area contributed by atoms with Gasteiger partial charge in [0.05, 0.1) is 41.6 Å². The van der Waals surface area contributed by atoms with E-state index in [0.717, 1.165) is 29.7 Å². The maximum atomic E-state index is 13.7. The Kier molecular flexibility index (Phi) is 7.87. The highest BCUT2D eigenvalue weighted by atomic mass is 32.1. The minimum Gasteiger partial charge on any atom is -0.505 e. The van der Waals surface area contributed by atoms with E-state index in [1.807, 2.05) is 29.7 Å². The summed E-state index contributed by atoms with van der Waals surface area (Å²) < 4.78 is 13.3. The molecule has 4 heterocycles. The van der Waals surface area contributed by atoms with Gasteiger partial charge in [0.25, 0.3) is 5.78 Å². The zero-order valence-electron chi connectivity index (χ0n) is 24.3. The quantitative estimate of drug-likeness (QED) is 0.0864. The number of methoxy groups -OCH3 is 1. The van der Waals surface area contributed by atoms with E-state index in [2.05, 4.69) is 16.9 Å². The second-order valence-corrected chi connectivity index (χ2v) is 11.2. The molecule has 1 aromatic carbocycles. The van der Waals surface area contributed by atoms with Crippen LogP contribution in [-0.2, 0) is 9.59 Å². The molecule has 1 aliphatic heterocycles. The molecule has 1 atom stereocenters. The van der Waals surface area contributed by atoms with Crippen molar-refractivity contribution in [2.75, 3.05) is 18.6 Å². The molecule has 5 rings (SSSR count). The molecule has 0 saturated carbocycles. The van der Waals surface area contributed by atoms with Crippen molar-refractivity contribution in [3.63, 3.8) is 0 Å². The Morgan fingerprint density at radius 2 is 1.88 bits per heavy atom. The molecule has 1 aliphatic rings. The van der Waals surface area contributed by atoms with Gasteiger partial charge in [0.1, 0.15) is 11.3 Å². The van der Waals surface area contributed by atoms with Gasteiger partial charge in [-0.2, -0.15) is 0 Å². The van der Waals surface area contributed by atoms with Gasteiger partial charge in [-0.25, -0.2) is 9.97 Å². The zero-order valence-corrected chi connectivity index (χ0v) is 25.2. The van der Waals surface area contributed by atoms with Gasteiger partial charge in [-0.15, -0.1) is 0 Å². The Hall–Kier alpha value is -4.51. The Morgan fingerprint density at radius 1 is 1.12 bits per heavy atom. The van der Waals surface area contributed by atoms with E-state index >= 15 is 0 Å².